The van der Waals surface area contributed by atoms with Crippen LogP contribution in [0.5, 0.6) is 0 Å². The molecule has 0 saturated carbocycles. The van der Waals surface area contributed by atoms with Crippen LogP contribution in [0.1, 0.15) is 38.3 Å². The van der Waals surface area contributed by atoms with Gasteiger partial charge in [0.05, 0.1) is 11.1 Å². The van der Waals surface area contributed by atoms with E-state index in [2.05, 4.69) is 9.97 Å². The summed E-state index contributed by atoms with van der Waals surface area (Å²) in [6.07, 6.45) is -2.20. The first-order valence-electron chi connectivity index (χ1n) is 8.07. The van der Waals surface area contributed by atoms with Crippen LogP contribution >= 0.6 is 12.2 Å². The highest BCUT2D eigenvalue weighted by atomic mass is 32.1. The number of fused-ring (bicyclic) bond motifs is 1. The van der Waals surface area contributed by atoms with Gasteiger partial charge in [-0.05, 0) is 55.9 Å². The van der Waals surface area contributed by atoms with E-state index in [4.69, 9.17) is 12.2 Å². The van der Waals surface area contributed by atoms with Crippen LogP contribution in [0.3, 0.4) is 0 Å². The fourth-order valence-electron chi connectivity index (χ4n) is 2.81. The third-order valence-electron chi connectivity index (χ3n) is 4.33. The Morgan fingerprint density at radius 3 is 2.50 bits per heavy atom. The second kappa shape index (κ2) is 7.03. The topological polar surface area (TPSA) is 50.7 Å². The molecule has 4 nitrogen and oxygen atoms in total. The van der Waals surface area contributed by atoms with E-state index in [0.717, 1.165) is 0 Å². The van der Waals surface area contributed by atoms with Gasteiger partial charge in [0.15, 0.2) is 4.77 Å². The molecule has 0 amide bonds. The minimum absolute atomic E-state index is 0.102. The number of hydrogen-bond acceptors (Lipinski definition) is 3. The van der Waals surface area contributed by atoms with Gasteiger partial charge in [-0.25, -0.2) is 18.2 Å². The summed E-state index contributed by atoms with van der Waals surface area (Å²) in [5, 5.41) is -0.181. The Labute approximate surface area is 152 Å². The van der Waals surface area contributed by atoms with Gasteiger partial charge in [0.2, 0.25) is 0 Å². The van der Waals surface area contributed by atoms with E-state index in [1.54, 1.807) is 4.57 Å². The third kappa shape index (κ3) is 3.16. The number of rotatable bonds is 4. The predicted octanol–water partition coefficient (Wildman–Crippen LogP) is 5.17. The van der Waals surface area contributed by atoms with E-state index in [-0.39, 0.29) is 27.5 Å². The second-order valence-electron chi connectivity index (χ2n) is 5.99. The zero-order chi connectivity index (χ0) is 19.0. The quantitative estimate of drug-likeness (QED) is 0.637. The minimum Gasteiger partial charge on any atom is -0.300 e. The van der Waals surface area contributed by atoms with Gasteiger partial charge in [-0.1, -0.05) is 6.92 Å². The van der Waals surface area contributed by atoms with Crippen molar-refractivity contribution >= 4 is 23.3 Å². The normalized spacial score (nSPS) is 12.7. The molecule has 3 aromatic rings. The van der Waals surface area contributed by atoms with Crippen LogP contribution in [-0.4, -0.2) is 14.5 Å². The standard InChI is InChI=1S/C18H16F3N3OS/c1-3-9(2)24-16-14(17(25)23-18(24)26)12(15(20)21)8-13(22-16)10-4-6-11(19)7-5-10/h4-9,15H,3H2,1-2H3,(H,23,25,26)/t9-/m1/s1. The van der Waals surface area contributed by atoms with Gasteiger partial charge in [-0.15, -0.1) is 0 Å². The summed E-state index contributed by atoms with van der Waals surface area (Å²) >= 11 is 5.23. The highest BCUT2D eigenvalue weighted by molar-refractivity contribution is 7.71. The van der Waals surface area contributed by atoms with Crippen molar-refractivity contribution in [3.8, 4) is 11.3 Å². The summed E-state index contributed by atoms with van der Waals surface area (Å²) in [6.45, 7) is 3.78. The molecule has 0 aliphatic carbocycles. The molecule has 136 valence electrons. The average Bonchev–Trinajstić information content (AvgIpc) is 2.60. The van der Waals surface area contributed by atoms with Gasteiger partial charge in [0, 0.05) is 17.2 Å². The first-order chi connectivity index (χ1) is 12.3. The molecular formula is C18H16F3N3OS. The van der Waals surface area contributed by atoms with E-state index in [1.165, 1.54) is 30.3 Å². The molecule has 1 N–H and O–H groups in total. The number of nitrogens with one attached hydrogen (secondary N) is 1. The molecule has 1 atom stereocenters. The molecule has 0 saturated heterocycles. The molecule has 0 spiro atoms. The number of nitrogens with zero attached hydrogens (tertiary/aromatic N) is 2. The van der Waals surface area contributed by atoms with Crippen molar-refractivity contribution in [1.82, 2.24) is 14.5 Å². The molecule has 1 aromatic carbocycles. The largest absolute Gasteiger partial charge is 0.300 e. The Morgan fingerprint density at radius 2 is 1.92 bits per heavy atom. The van der Waals surface area contributed by atoms with E-state index in [0.29, 0.717) is 12.0 Å². The molecule has 0 radical (unpaired) electrons. The van der Waals surface area contributed by atoms with Gasteiger partial charge in [-0.3, -0.25) is 14.3 Å². The van der Waals surface area contributed by atoms with Gasteiger partial charge in [0.25, 0.3) is 12.0 Å². The van der Waals surface area contributed by atoms with Crippen molar-refractivity contribution in [3.63, 3.8) is 0 Å². The zero-order valence-corrected chi connectivity index (χ0v) is 14.9. The van der Waals surface area contributed by atoms with Crippen molar-refractivity contribution in [2.24, 2.45) is 0 Å². The molecule has 2 heterocycles. The number of benzene rings is 1. The lowest BCUT2D eigenvalue weighted by Crippen LogP contribution is -2.19. The summed E-state index contributed by atoms with van der Waals surface area (Å²) in [5.74, 6) is -0.442. The lowest BCUT2D eigenvalue weighted by atomic mass is 10.1. The van der Waals surface area contributed by atoms with Gasteiger partial charge in [-0.2, -0.15) is 0 Å². The Morgan fingerprint density at radius 1 is 1.27 bits per heavy atom. The molecule has 0 bridgehead atoms. The molecule has 0 aliphatic rings. The van der Waals surface area contributed by atoms with E-state index < -0.39 is 23.4 Å². The zero-order valence-electron chi connectivity index (χ0n) is 14.1. The highest BCUT2D eigenvalue weighted by Gasteiger charge is 2.21. The van der Waals surface area contributed by atoms with Crippen molar-refractivity contribution in [3.05, 3.63) is 56.8 Å². The van der Waals surface area contributed by atoms with Crippen molar-refractivity contribution in [2.45, 2.75) is 32.7 Å². The van der Waals surface area contributed by atoms with Crippen molar-refractivity contribution < 1.29 is 13.2 Å². The first-order valence-corrected chi connectivity index (χ1v) is 8.47. The van der Waals surface area contributed by atoms with E-state index in [1.807, 2.05) is 13.8 Å². The van der Waals surface area contributed by atoms with Crippen LogP contribution in [0.2, 0.25) is 0 Å². The summed E-state index contributed by atoms with van der Waals surface area (Å²) in [5.41, 5.74) is -0.326. The van der Waals surface area contributed by atoms with Crippen molar-refractivity contribution in [2.75, 3.05) is 0 Å². The summed E-state index contributed by atoms with van der Waals surface area (Å²) in [4.78, 5) is 19.2. The van der Waals surface area contributed by atoms with Crippen LogP contribution in [0.4, 0.5) is 13.2 Å². The number of hydrogen-bond donors (Lipinski definition) is 1. The molecule has 2 aromatic heterocycles. The summed E-state index contributed by atoms with van der Waals surface area (Å²) in [6, 6.07) is 6.37. The highest BCUT2D eigenvalue weighted by Crippen LogP contribution is 2.30. The van der Waals surface area contributed by atoms with Crippen LogP contribution in [0, 0.1) is 10.6 Å². The number of aromatic nitrogens is 3. The molecule has 0 fully saturated rings. The number of aromatic amines is 1. The Kier molecular flexibility index (Phi) is 4.95. The molecular weight excluding hydrogens is 363 g/mol. The number of alkyl halides is 2. The SMILES string of the molecule is CC[C@@H](C)n1c(=S)[nH]c(=O)c2c(C(F)F)cc(-c3ccc(F)cc3)nc21. The van der Waals surface area contributed by atoms with Gasteiger partial charge < -0.3 is 0 Å². The maximum atomic E-state index is 13.7. The first kappa shape index (κ1) is 18.3. The fourth-order valence-corrected chi connectivity index (χ4v) is 3.17. The van der Waals surface area contributed by atoms with Crippen LogP contribution in [0.15, 0.2) is 35.1 Å². The summed E-state index contributed by atoms with van der Waals surface area (Å²) < 4.78 is 42.2. The monoisotopic (exact) mass is 379 g/mol. The van der Waals surface area contributed by atoms with Crippen LogP contribution in [-0.2, 0) is 0 Å². The Bertz CT molecular complexity index is 1070. The number of halogens is 3. The molecule has 3 rings (SSSR count). The van der Waals surface area contributed by atoms with E-state index >= 15 is 0 Å². The van der Waals surface area contributed by atoms with Gasteiger partial charge >= 0.3 is 0 Å². The molecule has 0 unspecified atom stereocenters. The fraction of sp³-hybridized carbons (Fsp3) is 0.278. The third-order valence-corrected chi connectivity index (χ3v) is 4.63. The molecule has 0 aliphatic heterocycles. The Balaban J connectivity index is 2.45. The maximum Gasteiger partial charge on any atom is 0.264 e. The lowest BCUT2D eigenvalue weighted by Gasteiger charge is -2.18. The predicted molar refractivity (Wildman–Crippen MR) is 96.5 cm³/mol. The lowest BCUT2D eigenvalue weighted by molar-refractivity contribution is 0.153. The Hall–Kier alpha value is -2.48. The summed E-state index contributed by atoms with van der Waals surface area (Å²) in [7, 11) is 0. The number of pyridine rings is 1. The minimum atomic E-state index is -2.87. The van der Waals surface area contributed by atoms with Gasteiger partial charge in [0.1, 0.15) is 11.5 Å². The van der Waals surface area contributed by atoms with E-state index in [9.17, 15) is 18.0 Å². The van der Waals surface area contributed by atoms with Crippen LogP contribution in [0.25, 0.3) is 22.3 Å². The van der Waals surface area contributed by atoms with Crippen LogP contribution < -0.4 is 5.56 Å². The molecule has 26 heavy (non-hydrogen) atoms. The molecule has 8 heteroatoms. The second-order valence-corrected chi connectivity index (χ2v) is 6.38. The number of H-pyrrole nitrogens is 1. The smallest absolute Gasteiger partial charge is 0.264 e. The van der Waals surface area contributed by atoms with Crippen molar-refractivity contribution in [1.29, 1.82) is 0 Å². The average molecular weight is 379 g/mol. The maximum absolute atomic E-state index is 13.7.